The highest BCUT2D eigenvalue weighted by Crippen LogP contribution is 2.34. The third-order valence-corrected chi connectivity index (χ3v) is 6.90. The van der Waals surface area contributed by atoms with Crippen LogP contribution in [-0.2, 0) is 26.0 Å². The van der Waals surface area contributed by atoms with Crippen molar-refractivity contribution in [1.82, 2.24) is 5.32 Å². The zero-order chi connectivity index (χ0) is 21.2. The number of hydrogen-bond acceptors (Lipinski definition) is 5. The van der Waals surface area contributed by atoms with Gasteiger partial charge in [0.1, 0.15) is 11.6 Å². The number of halogens is 1. The molecule has 0 fully saturated rings. The Morgan fingerprint density at radius 3 is 2.66 bits per heavy atom. The maximum absolute atomic E-state index is 13.0. The van der Waals surface area contributed by atoms with Gasteiger partial charge in [0.2, 0.25) is 5.91 Å². The minimum atomic E-state index is -3.80. The van der Waals surface area contributed by atoms with E-state index in [9.17, 15) is 22.4 Å². The summed E-state index contributed by atoms with van der Waals surface area (Å²) in [7, 11) is -3.80. The second-order valence-corrected chi connectivity index (χ2v) is 9.25. The van der Waals surface area contributed by atoms with Gasteiger partial charge in [-0.15, -0.1) is 0 Å². The average Bonchev–Trinajstić information content (AvgIpc) is 2.66. The first-order chi connectivity index (χ1) is 13.7. The Bertz CT molecular complexity index is 1050. The van der Waals surface area contributed by atoms with Gasteiger partial charge >= 0.3 is 0 Å². The average molecular weight is 420 g/mol. The molecule has 0 saturated carbocycles. The molecule has 0 aromatic heterocycles. The first-order valence-electron chi connectivity index (χ1n) is 8.99. The molecule has 9 heteroatoms. The van der Waals surface area contributed by atoms with Crippen molar-refractivity contribution in [3.05, 3.63) is 53.3 Å². The zero-order valence-corrected chi connectivity index (χ0v) is 16.8. The molecule has 7 nitrogen and oxygen atoms in total. The van der Waals surface area contributed by atoms with E-state index >= 15 is 0 Å². The second-order valence-electron chi connectivity index (χ2n) is 6.91. The third-order valence-electron chi connectivity index (χ3n) is 4.62. The number of carbonyl (C=O) groups is 2. The van der Waals surface area contributed by atoms with Gasteiger partial charge in [-0.05, 0) is 43.2 Å². The van der Waals surface area contributed by atoms with E-state index in [0.717, 1.165) is 0 Å². The van der Waals surface area contributed by atoms with Gasteiger partial charge in [-0.3, -0.25) is 9.59 Å². The number of carbonyl (C=O) groups excluding carboxylic acids is 2. The number of nitrogens with one attached hydrogen (secondary N) is 2. The van der Waals surface area contributed by atoms with E-state index in [1.165, 1.54) is 25.1 Å². The molecule has 154 valence electrons. The predicted octanol–water partition coefficient (Wildman–Crippen LogP) is 2.33. The van der Waals surface area contributed by atoms with Gasteiger partial charge < -0.3 is 15.4 Å². The number of amides is 2. The largest absolute Gasteiger partial charge is 0.482 e. The van der Waals surface area contributed by atoms with Crippen LogP contribution in [0.3, 0.4) is 0 Å². The summed E-state index contributed by atoms with van der Waals surface area (Å²) in [6.45, 7) is 3.08. The molecule has 2 amide bonds. The summed E-state index contributed by atoms with van der Waals surface area (Å²) in [6.07, 6.45) is -0.225. The van der Waals surface area contributed by atoms with Crippen molar-refractivity contribution in [2.45, 2.75) is 37.0 Å². The number of rotatable bonds is 6. The molecular weight excluding hydrogens is 399 g/mol. The number of aryl methyl sites for hydroxylation is 1. The third kappa shape index (κ3) is 4.73. The Kier molecular flexibility index (Phi) is 5.88. The van der Waals surface area contributed by atoms with Crippen molar-refractivity contribution < 1.29 is 27.1 Å². The highest BCUT2D eigenvalue weighted by molar-refractivity contribution is 7.92. The molecule has 1 atom stereocenters. The van der Waals surface area contributed by atoms with E-state index < -0.39 is 21.0 Å². The zero-order valence-electron chi connectivity index (χ0n) is 16.0. The van der Waals surface area contributed by atoms with Gasteiger partial charge in [0.25, 0.3) is 5.91 Å². The second kappa shape index (κ2) is 8.20. The minimum Gasteiger partial charge on any atom is -0.482 e. The molecular formula is C20H21FN2O5S. The highest BCUT2D eigenvalue weighted by atomic mass is 32.2. The van der Waals surface area contributed by atoms with E-state index in [-0.39, 0.29) is 41.9 Å². The lowest BCUT2D eigenvalue weighted by atomic mass is 10.2. The van der Waals surface area contributed by atoms with Gasteiger partial charge in [0, 0.05) is 19.0 Å². The van der Waals surface area contributed by atoms with Crippen molar-refractivity contribution in [3.63, 3.8) is 0 Å². The van der Waals surface area contributed by atoms with Gasteiger partial charge in [-0.25, -0.2) is 12.8 Å². The lowest BCUT2D eigenvalue weighted by molar-refractivity contribution is -0.121. The van der Waals surface area contributed by atoms with Crippen molar-refractivity contribution in [1.29, 1.82) is 0 Å². The molecule has 2 aromatic rings. The number of ether oxygens (including phenoxy) is 1. The van der Waals surface area contributed by atoms with Crippen LogP contribution in [0.1, 0.15) is 24.5 Å². The fraction of sp³-hybridized carbons (Fsp3) is 0.300. The number of benzene rings is 2. The topological polar surface area (TPSA) is 102 Å². The number of anilines is 1. The van der Waals surface area contributed by atoms with Crippen LogP contribution in [0.5, 0.6) is 5.75 Å². The first-order valence-corrected chi connectivity index (χ1v) is 10.5. The summed E-state index contributed by atoms with van der Waals surface area (Å²) in [5, 5.41) is 4.31. The van der Waals surface area contributed by atoms with E-state index in [2.05, 4.69) is 10.6 Å². The molecule has 0 radical (unpaired) electrons. The Labute approximate surface area is 168 Å². The maximum atomic E-state index is 13.0. The molecule has 0 saturated heterocycles. The Morgan fingerprint density at radius 1 is 1.28 bits per heavy atom. The van der Waals surface area contributed by atoms with E-state index in [0.29, 0.717) is 16.8 Å². The van der Waals surface area contributed by atoms with E-state index in [1.54, 1.807) is 25.1 Å². The van der Waals surface area contributed by atoms with Crippen LogP contribution >= 0.6 is 0 Å². The quantitative estimate of drug-likeness (QED) is 0.747. The summed E-state index contributed by atoms with van der Waals surface area (Å²) >= 11 is 0. The molecule has 1 heterocycles. The molecule has 29 heavy (non-hydrogen) atoms. The fourth-order valence-corrected chi connectivity index (χ4v) is 4.57. The molecule has 0 aliphatic carbocycles. The monoisotopic (exact) mass is 420 g/mol. The molecule has 1 aliphatic rings. The fourth-order valence-electron chi connectivity index (χ4n) is 2.99. The van der Waals surface area contributed by atoms with Crippen molar-refractivity contribution in [2.24, 2.45) is 0 Å². The normalized spacial score (nSPS) is 14.4. The lowest BCUT2D eigenvalue weighted by Gasteiger charge is -2.21. The van der Waals surface area contributed by atoms with Gasteiger partial charge in [-0.1, -0.05) is 12.1 Å². The molecule has 2 aromatic carbocycles. The first kappa shape index (κ1) is 20.8. The molecule has 0 unspecified atom stereocenters. The Morgan fingerprint density at radius 2 is 1.97 bits per heavy atom. The van der Waals surface area contributed by atoms with Crippen LogP contribution in [0.15, 0.2) is 41.3 Å². The van der Waals surface area contributed by atoms with Crippen LogP contribution in [-0.4, -0.2) is 32.1 Å². The van der Waals surface area contributed by atoms with Crippen molar-refractivity contribution in [3.8, 4) is 5.75 Å². The molecule has 0 spiro atoms. The minimum absolute atomic E-state index is 0.0613. The number of fused-ring (bicyclic) bond motifs is 1. The van der Waals surface area contributed by atoms with Crippen molar-refractivity contribution in [2.75, 3.05) is 11.9 Å². The summed E-state index contributed by atoms with van der Waals surface area (Å²) in [5.41, 5.74) is 1.58. The molecule has 3 rings (SSSR count). The summed E-state index contributed by atoms with van der Waals surface area (Å²) in [4.78, 5) is 23.7. The summed E-state index contributed by atoms with van der Waals surface area (Å²) < 4.78 is 44.2. The smallest absolute Gasteiger partial charge is 0.262 e. The highest BCUT2D eigenvalue weighted by Gasteiger charge is 2.29. The maximum Gasteiger partial charge on any atom is 0.262 e. The lowest BCUT2D eigenvalue weighted by Crippen LogP contribution is -2.30. The molecule has 0 bridgehead atoms. The van der Waals surface area contributed by atoms with E-state index in [4.69, 9.17) is 4.74 Å². The summed E-state index contributed by atoms with van der Waals surface area (Å²) in [6, 6.07) is 8.60. The van der Waals surface area contributed by atoms with Gasteiger partial charge in [0.15, 0.2) is 16.4 Å². The van der Waals surface area contributed by atoms with Crippen LogP contribution in [0, 0.1) is 12.7 Å². The van der Waals surface area contributed by atoms with Crippen LogP contribution in [0.25, 0.3) is 0 Å². The number of hydrogen-bond donors (Lipinski definition) is 2. The van der Waals surface area contributed by atoms with Gasteiger partial charge in [0.05, 0.1) is 15.8 Å². The van der Waals surface area contributed by atoms with Crippen molar-refractivity contribution >= 4 is 27.3 Å². The molecule has 2 N–H and O–H groups in total. The standard InChI is InChI=1S/C20H21FN2O5S/c1-12-7-16-17(28-11-20(25)23-16)9-18(12)29(26,27)13(2)8-19(24)22-10-14-3-5-15(21)6-4-14/h3-7,9,13H,8,10-11H2,1-2H3,(H,22,24)(H,23,25)/t13-/m0/s1. The SMILES string of the molecule is Cc1cc2c(cc1S(=O)(=O)[C@@H](C)CC(=O)NCc1ccc(F)cc1)OCC(=O)N2. The van der Waals surface area contributed by atoms with Gasteiger partial charge in [-0.2, -0.15) is 0 Å². The van der Waals surface area contributed by atoms with Crippen LogP contribution < -0.4 is 15.4 Å². The Hall–Kier alpha value is -2.94. The van der Waals surface area contributed by atoms with Crippen LogP contribution in [0.2, 0.25) is 0 Å². The number of sulfone groups is 1. The molecule has 1 aliphatic heterocycles. The predicted molar refractivity (Wildman–Crippen MR) is 105 cm³/mol. The van der Waals surface area contributed by atoms with Crippen LogP contribution in [0.4, 0.5) is 10.1 Å². The van der Waals surface area contributed by atoms with E-state index in [1.807, 2.05) is 0 Å². The summed E-state index contributed by atoms with van der Waals surface area (Å²) in [5.74, 6) is -0.825. The Balaban J connectivity index is 1.69.